The summed E-state index contributed by atoms with van der Waals surface area (Å²) in [6.45, 7) is 0.428. The van der Waals surface area contributed by atoms with E-state index in [0.29, 0.717) is 6.61 Å². The Morgan fingerprint density at radius 1 is 1.42 bits per heavy atom. The Kier molecular flexibility index (Phi) is 5.22. The highest BCUT2D eigenvalue weighted by atomic mass is 35.5. The van der Waals surface area contributed by atoms with Crippen molar-refractivity contribution < 1.29 is 9.84 Å². The molecule has 1 aliphatic carbocycles. The van der Waals surface area contributed by atoms with E-state index in [9.17, 15) is 0 Å². The largest absolute Gasteiger partial charge is 0.394 e. The third kappa shape index (κ3) is 2.95. The van der Waals surface area contributed by atoms with E-state index >= 15 is 0 Å². The minimum Gasteiger partial charge on any atom is -0.394 e. The quantitative estimate of drug-likeness (QED) is 0.873. The van der Waals surface area contributed by atoms with E-state index in [1.807, 2.05) is 25.2 Å². The predicted molar refractivity (Wildman–Crippen MR) is 77.5 cm³/mol. The van der Waals surface area contributed by atoms with Gasteiger partial charge in [-0.2, -0.15) is 0 Å². The summed E-state index contributed by atoms with van der Waals surface area (Å²) in [7, 11) is 1.96. The second kappa shape index (κ2) is 6.71. The third-order valence-electron chi connectivity index (χ3n) is 4.05. The average molecular weight is 284 g/mol. The van der Waals surface area contributed by atoms with E-state index in [1.54, 1.807) is 0 Å². The average Bonchev–Trinajstić information content (AvgIpc) is 2.46. The molecule has 1 aromatic carbocycles. The standard InChI is InChI=1S/C15H22ClNO2/c1-17-15(12-6-2-3-7-13(12)16)9-5-4-8-14(15)19-11-10-18/h2-3,6-7,14,17-18H,4-5,8-11H2,1H3. The maximum atomic E-state index is 8.99. The maximum absolute atomic E-state index is 8.99. The molecule has 2 rings (SSSR count). The molecule has 0 spiro atoms. The Balaban J connectivity index is 2.34. The molecular weight excluding hydrogens is 262 g/mol. The van der Waals surface area contributed by atoms with Gasteiger partial charge in [-0.25, -0.2) is 0 Å². The van der Waals surface area contributed by atoms with Crippen LogP contribution in [0.4, 0.5) is 0 Å². The highest BCUT2D eigenvalue weighted by Gasteiger charge is 2.42. The lowest BCUT2D eigenvalue weighted by atomic mass is 9.74. The van der Waals surface area contributed by atoms with Gasteiger partial charge in [-0.15, -0.1) is 0 Å². The molecule has 0 amide bonds. The van der Waals surface area contributed by atoms with Crippen LogP contribution in [0.3, 0.4) is 0 Å². The Morgan fingerprint density at radius 3 is 2.89 bits per heavy atom. The van der Waals surface area contributed by atoms with E-state index in [-0.39, 0.29) is 18.2 Å². The molecule has 0 aromatic heterocycles. The molecule has 1 saturated carbocycles. The van der Waals surface area contributed by atoms with Crippen LogP contribution < -0.4 is 5.32 Å². The van der Waals surface area contributed by atoms with Crippen molar-refractivity contribution in [3.8, 4) is 0 Å². The molecule has 106 valence electrons. The summed E-state index contributed by atoms with van der Waals surface area (Å²) in [5.41, 5.74) is 0.855. The molecular formula is C15H22ClNO2. The maximum Gasteiger partial charge on any atom is 0.0800 e. The summed E-state index contributed by atoms with van der Waals surface area (Å²) in [4.78, 5) is 0. The van der Waals surface area contributed by atoms with Gasteiger partial charge in [-0.3, -0.25) is 0 Å². The van der Waals surface area contributed by atoms with Crippen LogP contribution in [0.2, 0.25) is 5.02 Å². The lowest BCUT2D eigenvalue weighted by Gasteiger charge is -2.44. The minimum absolute atomic E-state index is 0.0540. The number of halogens is 1. The Hall–Kier alpha value is -0.610. The zero-order valence-electron chi connectivity index (χ0n) is 11.4. The van der Waals surface area contributed by atoms with E-state index < -0.39 is 0 Å². The first-order valence-corrected chi connectivity index (χ1v) is 7.29. The number of benzene rings is 1. The summed E-state index contributed by atoms with van der Waals surface area (Å²) in [5.74, 6) is 0. The molecule has 3 nitrogen and oxygen atoms in total. The molecule has 0 saturated heterocycles. The fourth-order valence-corrected chi connectivity index (χ4v) is 3.42. The van der Waals surface area contributed by atoms with Gasteiger partial charge >= 0.3 is 0 Å². The van der Waals surface area contributed by atoms with Crippen molar-refractivity contribution in [3.63, 3.8) is 0 Å². The van der Waals surface area contributed by atoms with Gasteiger partial charge in [-0.1, -0.05) is 42.6 Å². The van der Waals surface area contributed by atoms with Crippen LogP contribution >= 0.6 is 11.6 Å². The highest BCUT2D eigenvalue weighted by molar-refractivity contribution is 6.31. The first-order chi connectivity index (χ1) is 9.24. The van der Waals surface area contributed by atoms with Crippen molar-refractivity contribution in [1.82, 2.24) is 5.32 Å². The lowest BCUT2D eigenvalue weighted by molar-refractivity contribution is -0.0511. The minimum atomic E-state index is -0.244. The highest BCUT2D eigenvalue weighted by Crippen LogP contribution is 2.41. The van der Waals surface area contributed by atoms with Gasteiger partial charge in [0.25, 0.3) is 0 Å². The number of hydrogen-bond acceptors (Lipinski definition) is 3. The molecule has 19 heavy (non-hydrogen) atoms. The van der Waals surface area contributed by atoms with Crippen LogP contribution in [0, 0.1) is 0 Å². The van der Waals surface area contributed by atoms with Crippen LogP contribution in [-0.2, 0) is 10.3 Å². The first kappa shape index (κ1) is 14.8. The van der Waals surface area contributed by atoms with Crippen molar-refractivity contribution in [3.05, 3.63) is 34.9 Å². The zero-order valence-corrected chi connectivity index (χ0v) is 12.1. The van der Waals surface area contributed by atoms with E-state index in [2.05, 4.69) is 11.4 Å². The van der Waals surface area contributed by atoms with E-state index in [4.69, 9.17) is 21.4 Å². The second-order valence-electron chi connectivity index (χ2n) is 5.03. The van der Waals surface area contributed by atoms with Gasteiger partial charge < -0.3 is 15.2 Å². The molecule has 2 atom stereocenters. The van der Waals surface area contributed by atoms with Crippen LogP contribution in [-0.4, -0.2) is 31.5 Å². The number of nitrogens with one attached hydrogen (secondary N) is 1. The van der Waals surface area contributed by atoms with Crippen molar-refractivity contribution >= 4 is 11.6 Å². The summed E-state index contributed by atoms with van der Waals surface area (Å²) in [6.07, 6.45) is 4.36. The summed E-state index contributed by atoms with van der Waals surface area (Å²) >= 11 is 6.38. The van der Waals surface area contributed by atoms with E-state index in [0.717, 1.165) is 36.3 Å². The van der Waals surface area contributed by atoms with Crippen molar-refractivity contribution in [2.75, 3.05) is 20.3 Å². The summed E-state index contributed by atoms with van der Waals surface area (Å²) in [6, 6.07) is 7.95. The molecule has 0 bridgehead atoms. The third-order valence-corrected chi connectivity index (χ3v) is 4.38. The molecule has 2 unspecified atom stereocenters. The van der Waals surface area contributed by atoms with Crippen LogP contribution in [0.1, 0.15) is 31.2 Å². The van der Waals surface area contributed by atoms with Crippen LogP contribution in [0.5, 0.6) is 0 Å². The molecule has 2 N–H and O–H groups in total. The fourth-order valence-electron chi connectivity index (χ4n) is 3.11. The molecule has 0 aliphatic heterocycles. The van der Waals surface area contributed by atoms with Crippen LogP contribution in [0.15, 0.2) is 24.3 Å². The number of rotatable bonds is 5. The number of ether oxygens (including phenoxy) is 1. The molecule has 0 heterocycles. The fraction of sp³-hybridized carbons (Fsp3) is 0.600. The van der Waals surface area contributed by atoms with Gasteiger partial charge in [0.05, 0.1) is 24.9 Å². The number of likely N-dealkylation sites (N-methyl/N-ethyl adjacent to an activating group) is 1. The number of hydrogen-bond donors (Lipinski definition) is 2. The normalized spacial score (nSPS) is 27.4. The second-order valence-corrected chi connectivity index (χ2v) is 5.44. The topological polar surface area (TPSA) is 41.5 Å². The smallest absolute Gasteiger partial charge is 0.0800 e. The number of aliphatic hydroxyl groups is 1. The lowest BCUT2D eigenvalue weighted by Crippen LogP contribution is -2.53. The Bertz CT molecular complexity index is 413. The monoisotopic (exact) mass is 283 g/mol. The van der Waals surface area contributed by atoms with Gasteiger partial charge in [-0.05, 0) is 31.5 Å². The van der Waals surface area contributed by atoms with Crippen molar-refractivity contribution in [2.24, 2.45) is 0 Å². The molecule has 1 fully saturated rings. The zero-order chi connectivity index (χ0) is 13.7. The molecule has 0 radical (unpaired) electrons. The van der Waals surface area contributed by atoms with Gasteiger partial charge in [0.2, 0.25) is 0 Å². The molecule has 1 aliphatic rings. The SMILES string of the molecule is CNC1(c2ccccc2Cl)CCCCC1OCCO. The predicted octanol–water partition coefficient (Wildman–Crippen LogP) is 2.71. The molecule has 4 heteroatoms. The summed E-state index contributed by atoms with van der Waals surface area (Å²) in [5, 5.41) is 13.2. The van der Waals surface area contributed by atoms with Crippen molar-refractivity contribution in [1.29, 1.82) is 0 Å². The Labute approximate surface area is 119 Å². The summed E-state index contributed by atoms with van der Waals surface area (Å²) < 4.78 is 5.88. The number of aliphatic hydroxyl groups excluding tert-OH is 1. The van der Waals surface area contributed by atoms with Crippen molar-refractivity contribution in [2.45, 2.75) is 37.3 Å². The van der Waals surface area contributed by atoms with Gasteiger partial charge in [0, 0.05) is 5.02 Å². The molecule has 1 aromatic rings. The Morgan fingerprint density at radius 2 is 2.21 bits per heavy atom. The van der Waals surface area contributed by atoms with Crippen LogP contribution in [0.25, 0.3) is 0 Å². The first-order valence-electron chi connectivity index (χ1n) is 6.91. The van der Waals surface area contributed by atoms with E-state index in [1.165, 1.54) is 0 Å². The van der Waals surface area contributed by atoms with Gasteiger partial charge in [0.1, 0.15) is 0 Å². The van der Waals surface area contributed by atoms with Gasteiger partial charge in [0.15, 0.2) is 0 Å².